The normalized spacial score (nSPS) is 13.1. The van der Waals surface area contributed by atoms with Crippen LogP contribution in [0.25, 0.3) is 0 Å². The van der Waals surface area contributed by atoms with Crippen LogP contribution >= 0.6 is 23.2 Å². The molecule has 2 rings (SSSR count). The Morgan fingerprint density at radius 1 is 1.04 bits per heavy atom. The standard InChI is InChI=1S/C17H16Cl2F3N/c1-11(13-6-2-3-8-15(13)18)9-23-10-12-5-4-7-14(16(12)19)17(20,21)22/h2-8,11,23H,9-10H2,1H3. The summed E-state index contributed by atoms with van der Waals surface area (Å²) in [5.41, 5.74) is 0.613. The van der Waals surface area contributed by atoms with E-state index in [9.17, 15) is 13.2 Å². The fourth-order valence-electron chi connectivity index (χ4n) is 2.34. The van der Waals surface area contributed by atoms with Gasteiger partial charge in [0.25, 0.3) is 0 Å². The SMILES string of the molecule is CC(CNCc1cccc(C(F)(F)F)c1Cl)c1ccccc1Cl. The highest BCUT2D eigenvalue weighted by molar-refractivity contribution is 6.32. The van der Waals surface area contributed by atoms with E-state index in [2.05, 4.69) is 5.32 Å². The minimum Gasteiger partial charge on any atom is -0.312 e. The minimum absolute atomic E-state index is 0.133. The number of nitrogens with one attached hydrogen (secondary N) is 1. The first-order valence-corrected chi connectivity index (χ1v) is 7.86. The van der Waals surface area contributed by atoms with Crippen molar-refractivity contribution in [3.63, 3.8) is 0 Å². The average molecular weight is 362 g/mol. The number of rotatable bonds is 5. The number of benzene rings is 2. The van der Waals surface area contributed by atoms with Gasteiger partial charge in [0.05, 0.1) is 10.6 Å². The van der Waals surface area contributed by atoms with Gasteiger partial charge in [-0.25, -0.2) is 0 Å². The maximum Gasteiger partial charge on any atom is 0.417 e. The quantitative estimate of drug-likeness (QED) is 0.698. The van der Waals surface area contributed by atoms with E-state index in [-0.39, 0.29) is 17.5 Å². The topological polar surface area (TPSA) is 12.0 Å². The van der Waals surface area contributed by atoms with E-state index in [1.165, 1.54) is 6.07 Å². The smallest absolute Gasteiger partial charge is 0.312 e. The zero-order valence-electron chi connectivity index (χ0n) is 12.4. The molecule has 0 aromatic heterocycles. The highest BCUT2D eigenvalue weighted by Crippen LogP contribution is 2.36. The summed E-state index contributed by atoms with van der Waals surface area (Å²) in [5, 5.41) is 3.56. The fourth-order valence-corrected chi connectivity index (χ4v) is 2.97. The van der Waals surface area contributed by atoms with Gasteiger partial charge < -0.3 is 5.32 Å². The Morgan fingerprint density at radius 2 is 1.74 bits per heavy atom. The summed E-state index contributed by atoms with van der Waals surface area (Å²) < 4.78 is 38.5. The molecule has 0 saturated heterocycles. The van der Waals surface area contributed by atoms with Crippen molar-refractivity contribution in [3.8, 4) is 0 Å². The average Bonchev–Trinajstić information content (AvgIpc) is 2.48. The highest BCUT2D eigenvalue weighted by Gasteiger charge is 2.33. The summed E-state index contributed by atoms with van der Waals surface area (Å²) in [5.74, 6) is 0.133. The Morgan fingerprint density at radius 3 is 2.39 bits per heavy atom. The lowest BCUT2D eigenvalue weighted by molar-refractivity contribution is -0.137. The van der Waals surface area contributed by atoms with Crippen LogP contribution in [0.2, 0.25) is 10.0 Å². The highest BCUT2D eigenvalue weighted by atomic mass is 35.5. The van der Waals surface area contributed by atoms with E-state index in [0.29, 0.717) is 17.1 Å². The van der Waals surface area contributed by atoms with Gasteiger partial charge in [0.15, 0.2) is 0 Å². The fraction of sp³-hybridized carbons (Fsp3) is 0.294. The Labute approximate surface area is 143 Å². The molecule has 0 aliphatic heterocycles. The van der Waals surface area contributed by atoms with E-state index in [4.69, 9.17) is 23.2 Å². The second-order valence-electron chi connectivity index (χ2n) is 5.33. The van der Waals surface area contributed by atoms with Crippen molar-refractivity contribution in [1.29, 1.82) is 0 Å². The maximum absolute atomic E-state index is 12.8. The van der Waals surface area contributed by atoms with Crippen LogP contribution in [0.5, 0.6) is 0 Å². The van der Waals surface area contributed by atoms with Crippen LogP contribution in [0.3, 0.4) is 0 Å². The van der Waals surface area contributed by atoms with Gasteiger partial charge >= 0.3 is 6.18 Å². The summed E-state index contributed by atoms with van der Waals surface area (Å²) in [7, 11) is 0. The summed E-state index contributed by atoms with van der Waals surface area (Å²) in [6, 6.07) is 11.4. The lowest BCUT2D eigenvalue weighted by atomic mass is 10.0. The summed E-state index contributed by atoms with van der Waals surface area (Å²) in [6.07, 6.45) is -4.45. The Bertz CT molecular complexity index is 671. The molecule has 0 aliphatic rings. The van der Waals surface area contributed by atoms with Crippen molar-refractivity contribution in [2.45, 2.75) is 25.6 Å². The van der Waals surface area contributed by atoms with E-state index in [1.807, 2.05) is 31.2 Å². The van der Waals surface area contributed by atoms with Crippen LogP contribution in [0.4, 0.5) is 13.2 Å². The third kappa shape index (κ3) is 4.63. The first kappa shape index (κ1) is 18.1. The summed E-state index contributed by atoms with van der Waals surface area (Å²) >= 11 is 12.0. The van der Waals surface area contributed by atoms with E-state index in [1.54, 1.807) is 6.07 Å². The molecule has 0 saturated carbocycles. The molecule has 6 heteroatoms. The molecule has 2 aromatic carbocycles. The second-order valence-corrected chi connectivity index (χ2v) is 6.12. The first-order chi connectivity index (χ1) is 10.8. The van der Waals surface area contributed by atoms with Crippen molar-refractivity contribution in [1.82, 2.24) is 5.32 Å². The van der Waals surface area contributed by atoms with Crippen LogP contribution < -0.4 is 5.32 Å². The molecule has 2 aromatic rings. The van der Waals surface area contributed by atoms with Crippen LogP contribution in [-0.4, -0.2) is 6.54 Å². The number of halogens is 5. The van der Waals surface area contributed by atoms with Gasteiger partial charge in [0.1, 0.15) is 0 Å². The van der Waals surface area contributed by atoms with Gasteiger partial charge in [0, 0.05) is 18.1 Å². The minimum atomic E-state index is -4.45. The Hall–Kier alpha value is -1.23. The molecule has 1 nitrogen and oxygen atoms in total. The predicted octanol–water partition coefficient (Wildman–Crippen LogP) is 5.91. The van der Waals surface area contributed by atoms with E-state index in [0.717, 1.165) is 11.6 Å². The summed E-state index contributed by atoms with van der Waals surface area (Å²) in [4.78, 5) is 0. The van der Waals surface area contributed by atoms with Crippen molar-refractivity contribution in [2.24, 2.45) is 0 Å². The van der Waals surface area contributed by atoms with Gasteiger partial charge in [-0.2, -0.15) is 13.2 Å². The van der Waals surface area contributed by atoms with Crippen molar-refractivity contribution in [3.05, 3.63) is 69.2 Å². The van der Waals surface area contributed by atoms with Crippen LogP contribution in [0.1, 0.15) is 29.5 Å². The molecule has 0 radical (unpaired) electrons. The molecule has 0 aliphatic carbocycles. The molecule has 1 unspecified atom stereocenters. The van der Waals surface area contributed by atoms with Crippen LogP contribution in [0, 0.1) is 0 Å². The maximum atomic E-state index is 12.8. The predicted molar refractivity (Wildman–Crippen MR) is 88.0 cm³/mol. The molecule has 0 amide bonds. The van der Waals surface area contributed by atoms with Gasteiger partial charge in [-0.15, -0.1) is 0 Å². The second kappa shape index (κ2) is 7.56. The number of alkyl halides is 3. The van der Waals surface area contributed by atoms with E-state index < -0.39 is 11.7 Å². The van der Waals surface area contributed by atoms with Crippen LogP contribution in [-0.2, 0) is 12.7 Å². The Balaban J connectivity index is 2.01. The van der Waals surface area contributed by atoms with Crippen molar-refractivity contribution < 1.29 is 13.2 Å². The largest absolute Gasteiger partial charge is 0.417 e. The summed E-state index contributed by atoms with van der Waals surface area (Å²) in [6.45, 7) is 2.84. The first-order valence-electron chi connectivity index (χ1n) is 7.10. The number of hydrogen-bond acceptors (Lipinski definition) is 1. The monoisotopic (exact) mass is 361 g/mol. The molecular weight excluding hydrogens is 346 g/mol. The molecular formula is C17H16Cl2F3N. The van der Waals surface area contributed by atoms with Crippen molar-refractivity contribution in [2.75, 3.05) is 6.54 Å². The molecule has 0 heterocycles. The molecule has 124 valence electrons. The van der Waals surface area contributed by atoms with Gasteiger partial charge in [0.2, 0.25) is 0 Å². The van der Waals surface area contributed by atoms with Crippen molar-refractivity contribution >= 4 is 23.2 Å². The van der Waals surface area contributed by atoms with Gasteiger partial charge in [-0.3, -0.25) is 0 Å². The van der Waals surface area contributed by atoms with Gasteiger partial charge in [-0.05, 0) is 29.2 Å². The zero-order chi connectivity index (χ0) is 17.0. The molecule has 0 fully saturated rings. The van der Waals surface area contributed by atoms with Gasteiger partial charge in [-0.1, -0.05) is 60.5 Å². The van der Waals surface area contributed by atoms with E-state index >= 15 is 0 Å². The molecule has 0 spiro atoms. The molecule has 1 N–H and O–H groups in total. The van der Waals surface area contributed by atoms with Crippen LogP contribution in [0.15, 0.2) is 42.5 Å². The lowest BCUT2D eigenvalue weighted by Gasteiger charge is -2.16. The third-order valence-corrected chi connectivity index (χ3v) is 4.38. The zero-order valence-corrected chi connectivity index (χ0v) is 13.9. The number of hydrogen-bond donors (Lipinski definition) is 1. The molecule has 0 bridgehead atoms. The molecule has 23 heavy (non-hydrogen) atoms. The third-order valence-electron chi connectivity index (χ3n) is 3.59. The Kier molecular flexibility index (Phi) is 5.95. The molecule has 1 atom stereocenters. The lowest BCUT2D eigenvalue weighted by Crippen LogP contribution is -2.20.